The van der Waals surface area contributed by atoms with Gasteiger partial charge >= 0.3 is 0 Å². The number of nitrogens with one attached hydrogen (secondary N) is 1. The molecule has 2 aliphatic rings. The maximum atomic E-state index is 14.4. The zero-order valence-corrected chi connectivity index (χ0v) is 15.7. The molecule has 0 bridgehead atoms. The van der Waals surface area contributed by atoms with E-state index in [4.69, 9.17) is 6.42 Å². The molecule has 144 valence electrons. The van der Waals surface area contributed by atoms with E-state index in [2.05, 4.69) is 38.3 Å². The zero-order chi connectivity index (χ0) is 19.3. The molecule has 1 aromatic carbocycles. The molecule has 0 spiro atoms. The Morgan fingerprint density at radius 2 is 2.04 bits per heavy atom. The largest absolute Gasteiger partial charge is 0.324 e. The van der Waals surface area contributed by atoms with Crippen LogP contribution in [0, 0.1) is 18.2 Å². The van der Waals surface area contributed by atoms with E-state index in [-0.39, 0.29) is 18.0 Å². The number of amides is 1. The lowest BCUT2D eigenvalue weighted by Gasteiger charge is -2.32. The van der Waals surface area contributed by atoms with Crippen LogP contribution < -0.4 is 5.32 Å². The first kappa shape index (κ1) is 19.5. The van der Waals surface area contributed by atoms with Gasteiger partial charge in [-0.05, 0) is 24.7 Å². The van der Waals surface area contributed by atoms with Gasteiger partial charge in [-0.3, -0.25) is 9.69 Å². The van der Waals surface area contributed by atoms with Crippen LogP contribution >= 0.6 is 0 Å². The molecule has 0 atom stereocenters. The second-order valence-electron chi connectivity index (χ2n) is 7.33. The Morgan fingerprint density at radius 3 is 2.67 bits per heavy atom. The first-order valence-electron chi connectivity index (χ1n) is 9.36. The molecular weight excluding hydrogens is 345 g/mol. The van der Waals surface area contributed by atoms with Crippen molar-refractivity contribution in [2.45, 2.75) is 37.9 Å². The number of carbonyl (C=O) groups is 1. The Kier molecular flexibility index (Phi) is 6.19. The van der Waals surface area contributed by atoms with Crippen LogP contribution in [0.15, 0.2) is 28.4 Å². The fourth-order valence-corrected chi connectivity index (χ4v) is 3.22. The third-order valence-corrected chi connectivity index (χ3v) is 5.11. The molecule has 6 nitrogen and oxygen atoms in total. The van der Waals surface area contributed by atoms with Crippen LogP contribution in [-0.2, 0) is 11.3 Å². The SMILES string of the molecule is C#CCCC1(CCC(=O)Nc2ccc(CN3CCN(C)CC3)cc2F)N=N1. The minimum absolute atomic E-state index is 0.212. The molecule has 2 aliphatic heterocycles. The number of piperazine rings is 1. The van der Waals surface area contributed by atoms with Crippen molar-refractivity contribution in [3.8, 4) is 12.3 Å². The molecule has 0 saturated carbocycles. The third kappa shape index (κ3) is 5.59. The molecule has 1 fully saturated rings. The summed E-state index contributed by atoms with van der Waals surface area (Å²) < 4.78 is 14.4. The Bertz CT molecular complexity index is 743. The lowest BCUT2D eigenvalue weighted by molar-refractivity contribution is -0.116. The summed E-state index contributed by atoms with van der Waals surface area (Å²) in [7, 11) is 2.11. The van der Waals surface area contributed by atoms with E-state index in [0.717, 1.165) is 38.3 Å². The van der Waals surface area contributed by atoms with E-state index in [1.54, 1.807) is 6.07 Å². The predicted octanol–water partition coefficient (Wildman–Crippen LogP) is 2.87. The molecule has 0 unspecified atom stereocenters. The fraction of sp³-hybridized carbons (Fsp3) is 0.550. The van der Waals surface area contributed by atoms with Gasteiger partial charge in [-0.1, -0.05) is 6.07 Å². The van der Waals surface area contributed by atoms with Crippen molar-refractivity contribution >= 4 is 11.6 Å². The summed E-state index contributed by atoms with van der Waals surface area (Å²) in [5.41, 5.74) is 0.637. The van der Waals surface area contributed by atoms with Crippen molar-refractivity contribution in [3.63, 3.8) is 0 Å². The van der Waals surface area contributed by atoms with Gasteiger partial charge in [-0.2, -0.15) is 10.2 Å². The van der Waals surface area contributed by atoms with Gasteiger partial charge in [0.05, 0.1) is 5.69 Å². The smallest absolute Gasteiger partial charge is 0.224 e. The fourth-order valence-electron chi connectivity index (χ4n) is 3.22. The quantitative estimate of drug-likeness (QED) is 0.715. The molecule has 0 aromatic heterocycles. The van der Waals surface area contributed by atoms with Crippen molar-refractivity contribution in [2.75, 3.05) is 38.5 Å². The van der Waals surface area contributed by atoms with Gasteiger partial charge < -0.3 is 10.2 Å². The number of halogens is 1. The number of benzene rings is 1. The van der Waals surface area contributed by atoms with Crippen LogP contribution in [-0.4, -0.2) is 54.6 Å². The monoisotopic (exact) mass is 371 g/mol. The molecule has 7 heteroatoms. The van der Waals surface area contributed by atoms with Gasteiger partial charge in [0.2, 0.25) is 5.91 Å². The molecule has 0 radical (unpaired) electrons. The summed E-state index contributed by atoms with van der Waals surface area (Å²) in [6, 6.07) is 5.02. The first-order valence-corrected chi connectivity index (χ1v) is 9.36. The molecule has 27 heavy (non-hydrogen) atoms. The average molecular weight is 371 g/mol. The second kappa shape index (κ2) is 8.59. The van der Waals surface area contributed by atoms with E-state index in [1.165, 1.54) is 6.07 Å². The molecule has 1 N–H and O–H groups in total. The Balaban J connectivity index is 1.47. The van der Waals surface area contributed by atoms with Crippen LogP contribution in [0.5, 0.6) is 0 Å². The highest BCUT2D eigenvalue weighted by molar-refractivity contribution is 5.90. The third-order valence-electron chi connectivity index (χ3n) is 5.11. The van der Waals surface area contributed by atoms with E-state index in [9.17, 15) is 9.18 Å². The predicted molar refractivity (Wildman–Crippen MR) is 103 cm³/mol. The number of rotatable bonds is 8. The topological polar surface area (TPSA) is 60.3 Å². The molecular formula is C20H26FN5O. The van der Waals surface area contributed by atoms with E-state index in [1.807, 2.05) is 6.07 Å². The molecule has 3 rings (SSSR count). The molecule has 1 amide bonds. The van der Waals surface area contributed by atoms with Gasteiger partial charge in [0.1, 0.15) is 5.82 Å². The minimum Gasteiger partial charge on any atom is -0.324 e. The number of carbonyl (C=O) groups excluding carboxylic acids is 1. The lowest BCUT2D eigenvalue weighted by Crippen LogP contribution is -2.43. The highest BCUT2D eigenvalue weighted by Crippen LogP contribution is 2.37. The lowest BCUT2D eigenvalue weighted by atomic mass is 10.0. The van der Waals surface area contributed by atoms with Crippen LogP contribution in [0.2, 0.25) is 0 Å². The van der Waals surface area contributed by atoms with Crippen LogP contribution in [0.1, 0.15) is 31.2 Å². The minimum atomic E-state index is -0.491. The highest BCUT2D eigenvalue weighted by Gasteiger charge is 2.39. The summed E-state index contributed by atoms with van der Waals surface area (Å²) in [6.07, 6.45) is 7.24. The van der Waals surface area contributed by atoms with E-state index >= 15 is 0 Å². The van der Waals surface area contributed by atoms with Gasteiger partial charge in [0, 0.05) is 58.4 Å². The van der Waals surface area contributed by atoms with Crippen LogP contribution in [0.25, 0.3) is 0 Å². The zero-order valence-electron chi connectivity index (χ0n) is 15.7. The van der Waals surface area contributed by atoms with Crippen LogP contribution in [0.4, 0.5) is 10.1 Å². The number of hydrogen-bond donors (Lipinski definition) is 1. The van der Waals surface area contributed by atoms with Crippen molar-refractivity contribution in [1.82, 2.24) is 9.80 Å². The molecule has 2 heterocycles. The molecule has 1 aromatic rings. The second-order valence-corrected chi connectivity index (χ2v) is 7.33. The number of anilines is 1. The number of likely N-dealkylation sites (N-methyl/N-ethyl adjacent to an activating group) is 1. The van der Waals surface area contributed by atoms with Crippen molar-refractivity contribution in [1.29, 1.82) is 0 Å². The Labute approximate surface area is 159 Å². The summed E-state index contributed by atoms with van der Waals surface area (Å²) >= 11 is 0. The van der Waals surface area contributed by atoms with E-state index in [0.29, 0.717) is 19.3 Å². The molecule has 0 aliphatic carbocycles. The van der Waals surface area contributed by atoms with Gasteiger partial charge in [-0.25, -0.2) is 4.39 Å². The van der Waals surface area contributed by atoms with Crippen molar-refractivity contribution in [2.24, 2.45) is 10.2 Å². The number of terminal acetylenes is 1. The average Bonchev–Trinajstić information content (AvgIpc) is 3.43. The first-order chi connectivity index (χ1) is 13.0. The maximum absolute atomic E-state index is 14.4. The van der Waals surface area contributed by atoms with Crippen LogP contribution in [0.3, 0.4) is 0 Å². The number of hydrogen-bond acceptors (Lipinski definition) is 5. The van der Waals surface area contributed by atoms with E-state index < -0.39 is 11.5 Å². The highest BCUT2D eigenvalue weighted by atomic mass is 19.1. The Morgan fingerprint density at radius 1 is 1.30 bits per heavy atom. The van der Waals surface area contributed by atoms with Gasteiger partial charge in [0.15, 0.2) is 5.66 Å². The molecule has 1 saturated heterocycles. The maximum Gasteiger partial charge on any atom is 0.224 e. The summed E-state index contributed by atoms with van der Waals surface area (Å²) in [6.45, 7) is 4.73. The van der Waals surface area contributed by atoms with Crippen molar-refractivity contribution < 1.29 is 9.18 Å². The Hall–Kier alpha value is -2.30. The van der Waals surface area contributed by atoms with Gasteiger partial charge in [-0.15, -0.1) is 12.3 Å². The van der Waals surface area contributed by atoms with Gasteiger partial charge in [0.25, 0.3) is 0 Å². The summed E-state index contributed by atoms with van der Waals surface area (Å²) in [5, 5.41) is 10.7. The summed E-state index contributed by atoms with van der Waals surface area (Å²) in [4.78, 5) is 16.7. The summed E-state index contributed by atoms with van der Waals surface area (Å²) in [5.74, 6) is 1.92. The van der Waals surface area contributed by atoms with Crippen molar-refractivity contribution in [3.05, 3.63) is 29.6 Å². The normalized spacial score (nSPS) is 18.9. The standard InChI is InChI=1S/C20H26FN5O/c1-3-4-8-20(23-24-20)9-7-19(27)22-18-6-5-16(14-17(18)21)15-26-12-10-25(2)11-13-26/h1,5-6,14H,4,7-13,15H2,2H3,(H,22,27). The number of nitrogens with zero attached hydrogens (tertiary/aromatic N) is 4.